The van der Waals surface area contributed by atoms with Gasteiger partial charge in [0.05, 0.1) is 0 Å². The lowest BCUT2D eigenvalue weighted by molar-refractivity contribution is -0.187. The van der Waals surface area contributed by atoms with Gasteiger partial charge < -0.3 is 20.7 Å². The highest BCUT2D eigenvalue weighted by atomic mass is 16.6. The molecule has 0 aromatic carbocycles. The van der Waals surface area contributed by atoms with Gasteiger partial charge in [-0.1, -0.05) is 52.4 Å². The van der Waals surface area contributed by atoms with Crippen LogP contribution in [0.15, 0.2) is 0 Å². The van der Waals surface area contributed by atoms with Crippen LogP contribution in [0.2, 0.25) is 0 Å². The number of carbonyl (C=O) groups is 2. The third-order valence-corrected chi connectivity index (χ3v) is 7.62. The van der Waals surface area contributed by atoms with Gasteiger partial charge in [-0.05, 0) is 52.9 Å². The van der Waals surface area contributed by atoms with Crippen molar-refractivity contribution >= 4 is 11.8 Å². The summed E-state index contributed by atoms with van der Waals surface area (Å²) in [5.74, 6) is 0.171. The number of primary amides is 1. The Morgan fingerprint density at radius 1 is 1.06 bits per heavy atom. The van der Waals surface area contributed by atoms with Crippen molar-refractivity contribution < 1.29 is 14.3 Å². The first-order chi connectivity index (χ1) is 14.8. The van der Waals surface area contributed by atoms with E-state index in [0.29, 0.717) is 25.2 Å². The molecule has 2 heterocycles. The van der Waals surface area contributed by atoms with Gasteiger partial charge in [0.15, 0.2) is 5.60 Å². The first kappa shape index (κ1) is 25.5. The molecule has 3 fully saturated rings. The van der Waals surface area contributed by atoms with Crippen LogP contribution in [0, 0.1) is 5.92 Å². The number of amides is 2. The van der Waals surface area contributed by atoms with Crippen LogP contribution in [0.5, 0.6) is 0 Å². The van der Waals surface area contributed by atoms with Crippen LogP contribution >= 0.6 is 0 Å². The normalized spacial score (nSPS) is 29.7. The van der Waals surface area contributed by atoms with E-state index in [4.69, 9.17) is 10.5 Å². The monoisotopic (exact) mass is 449 g/mol. The van der Waals surface area contributed by atoms with Crippen molar-refractivity contribution in [3.8, 4) is 0 Å². The molecule has 0 bridgehead atoms. The molecular weight excluding hydrogens is 402 g/mol. The zero-order chi connectivity index (χ0) is 23.8. The smallest absolute Gasteiger partial charge is 0.271 e. The van der Waals surface area contributed by atoms with Crippen molar-refractivity contribution in [1.29, 1.82) is 0 Å². The molecule has 1 unspecified atom stereocenters. The molecule has 1 atom stereocenters. The lowest BCUT2D eigenvalue weighted by Gasteiger charge is -2.50. The van der Waals surface area contributed by atoms with Gasteiger partial charge >= 0.3 is 0 Å². The van der Waals surface area contributed by atoms with E-state index in [1.165, 1.54) is 12.8 Å². The largest absolute Gasteiger partial charge is 0.365 e. The third-order valence-electron chi connectivity index (χ3n) is 7.62. The topological polar surface area (TPSA) is 84.7 Å². The van der Waals surface area contributed by atoms with Crippen LogP contribution in [0.3, 0.4) is 0 Å². The molecule has 32 heavy (non-hydrogen) atoms. The Morgan fingerprint density at radius 3 is 2.19 bits per heavy atom. The first-order valence-electron chi connectivity index (χ1n) is 13.0. The van der Waals surface area contributed by atoms with E-state index in [2.05, 4.69) is 46.9 Å². The second-order valence-corrected chi connectivity index (χ2v) is 12.5. The maximum absolute atomic E-state index is 14.2. The summed E-state index contributed by atoms with van der Waals surface area (Å²) in [5.41, 5.74) is 3.24. The molecule has 6 heteroatoms. The predicted molar refractivity (Wildman–Crippen MR) is 128 cm³/mol. The number of ether oxygens (including phenoxy) is 1. The van der Waals surface area contributed by atoms with E-state index in [1.54, 1.807) is 0 Å². The van der Waals surface area contributed by atoms with Crippen LogP contribution in [0.4, 0.5) is 0 Å². The van der Waals surface area contributed by atoms with Gasteiger partial charge in [-0.15, -0.1) is 0 Å². The number of nitrogens with one attached hydrogen (secondary N) is 1. The highest BCUT2D eigenvalue weighted by molar-refractivity contribution is 5.96. The summed E-state index contributed by atoms with van der Waals surface area (Å²) < 4.78 is 6.78. The van der Waals surface area contributed by atoms with Gasteiger partial charge in [0, 0.05) is 36.4 Å². The van der Waals surface area contributed by atoms with E-state index in [1.807, 2.05) is 4.90 Å². The third kappa shape index (κ3) is 5.16. The Kier molecular flexibility index (Phi) is 7.36. The molecule has 2 amide bonds. The molecule has 2 saturated heterocycles. The number of nitrogens with two attached hydrogens (primary N) is 1. The van der Waals surface area contributed by atoms with Crippen LogP contribution in [-0.4, -0.2) is 45.2 Å². The first-order valence-corrected chi connectivity index (χ1v) is 13.0. The summed E-state index contributed by atoms with van der Waals surface area (Å²) in [4.78, 5) is 29.2. The molecule has 3 aliphatic rings. The van der Waals surface area contributed by atoms with Gasteiger partial charge in [0.25, 0.3) is 11.8 Å². The molecular formula is C26H47N3O3. The number of carbonyl (C=O) groups excluding carboxylic acids is 2. The Balaban J connectivity index is 1.94. The lowest BCUT2D eigenvalue weighted by atomic mass is 9.72. The number of hydrogen-bond donors (Lipinski definition) is 2. The van der Waals surface area contributed by atoms with Crippen LogP contribution in [0.25, 0.3) is 0 Å². The van der Waals surface area contributed by atoms with Gasteiger partial charge in [-0.2, -0.15) is 0 Å². The van der Waals surface area contributed by atoms with Crippen LogP contribution in [0.1, 0.15) is 119 Å². The van der Waals surface area contributed by atoms with E-state index in [9.17, 15) is 9.59 Å². The minimum atomic E-state index is -1.32. The zero-order valence-electron chi connectivity index (χ0n) is 21.4. The molecule has 1 aliphatic carbocycles. The predicted octanol–water partition coefficient (Wildman–Crippen LogP) is 4.65. The Bertz CT molecular complexity index is 680. The minimum absolute atomic E-state index is 0.00645. The van der Waals surface area contributed by atoms with Crippen molar-refractivity contribution in [3.63, 3.8) is 0 Å². The molecule has 1 saturated carbocycles. The van der Waals surface area contributed by atoms with E-state index in [-0.39, 0.29) is 23.0 Å². The molecule has 2 aliphatic heterocycles. The van der Waals surface area contributed by atoms with E-state index < -0.39 is 17.2 Å². The number of piperidine rings is 1. The molecule has 184 valence electrons. The van der Waals surface area contributed by atoms with Gasteiger partial charge in [0.2, 0.25) is 5.72 Å². The molecule has 1 spiro atoms. The second kappa shape index (κ2) is 9.25. The van der Waals surface area contributed by atoms with Crippen LogP contribution < -0.4 is 11.1 Å². The fraction of sp³-hybridized carbons (Fsp3) is 0.923. The lowest BCUT2D eigenvalue weighted by Crippen LogP contribution is -2.65. The number of nitrogens with zero attached hydrogens (tertiary/aromatic N) is 1. The van der Waals surface area contributed by atoms with Crippen molar-refractivity contribution in [2.75, 3.05) is 0 Å². The maximum atomic E-state index is 14.2. The van der Waals surface area contributed by atoms with Gasteiger partial charge in [0.1, 0.15) is 0 Å². The molecule has 3 N–H and O–H groups in total. The fourth-order valence-corrected chi connectivity index (χ4v) is 6.88. The summed E-state index contributed by atoms with van der Waals surface area (Å²) >= 11 is 0. The summed E-state index contributed by atoms with van der Waals surface area (Å²) in [6.45, 7) is 12.9. The second-order valence-electron chi connectivity index (χ2n) is 12.5. The number of hydrogen-bond acceptors (Lipinski definition) is 4. The molecule has 3 rings (SSSR count). The molecule has 6 nitrogen and oxygen atoms in total. The number of unbranched alkanes of at least 4 members (excludes halogenated alkanes) is 2. The van der Waals surface area contributed by atoms with Gasteiger partial charge in [-0.25, -0.2) is 0 Å². The van der Waals surface area contributed by atoms with E-state index in [0.717, 1.165) is 44.9 Å². The minimum Gasteiger partial charge on any atom is -0.365 e. The quantitative estimate of drug-likeness (QED) is 0.529. The standard InChI is InChI=1S/C26H47N3O3/c1-19(2)13-9-8-12-16-26(21(27)30)29(20-14-10-7-11-15-20)22(31)25(32-26)17-23(3,4)28-24(5,6)18-25/h19-20,28H,7-18H2,1-6H3,(H2,27,30). The maximum Gasteiger partial charge on any atom is 0.271 e. The molecule has 0 aromatic rings. The number of rotatable bonds is 8. The van der Waals surface area contributed by atoms with Crippen LogP contribution in [-0.2, 0) is 14.3 Å². The summed E-state index contributed by atoms with van der Waals surface area (Å²) in [7, 11) is 0. The fourth-order valence-electron chi connectivity index (χ4n) is 6.88. The van der Waals surface area contributed by atoms with Crippen molar-refractivity contribution in [2.24, 2.45) is 11.7 Å². The van der Waals surface area contributed by atoms with Gasteiger partial charge in [-0.3, -0.25) is 9.59 Å². The van der Waals surface area contributed by atoms with Crippen molar-refractivity contribution in [2.45, 2.75) is 147 Å². The Labute approximate surface area is 195 Å². The van der Waals surface area contributed by atoms with E-state index >= 15 is 0 Å². The average molecular weight is 450 g/mol. The molecule has 0 aromatic heterocycles. The summed E-state index contributed by atoms with van der Waals surface area (Å²) in [6, 6.07) is 0.0416. The highest BCUT2D eigenvalue weighted by Gasteiger charge is 2.67. The van der Waals surface area contributed by atoms with Crippen molar-refractivity contribution in [3.05, 3.63) is 0 Å². The Hall–Kier alpha value is -1.14. The Morgan fingerprint density at radius 2 is 1.66 bits per heavy atom. The zero-order valence-corrected chi connectivity index (χ0v) is 21.4. The SMILES string of the molecule is CC(C)CCCCCC1(C(N)=O)OC2(CC(C)(C)NC(C)(C)C2)C(=O)N1C1CCCCC1. The summed E-state index contributed by atoms with van der Waals surface area (Å²) in [5, 5.41) is 3.66. The molecule has 0 radical (unpaired) electrons. The van der Waals surface area contributed by atoms with Crippen molar-refractivity contribution in [1.82, 2.24) is 10.2 Å². The highest BCUT2D eigenvalue weighted by Crippen LogP contribution is 2.50. The summed E-state index contributed by atoms with van der Waals surface area (Å²) in [6.07, 6.45) is 11.0. The average Bonchev–Trinajstić information content (AvgIpc) is 2.87.